The highest BCUT2D eigenvalue weighted by Gasteiger charge is 2.31. The predicted molar refractivity (Wildman–Crippen MR) is 69.2 cm³/mol. The Hall–Kier alpha value is -1.06. The Morgan fingerprint density at radius 3 is 2.76 bits per heavy atom. The van der Waals surface area contributed by atoms with Gasteiger partial charge < -0.3 is 10.6 Å². The molecule has 17 heavy (non-hydrogen) atoms. The molecule has 2 rings (SSSR count). The number of amides is 1. The van der Waals surface area contributed by atoms with E-state index in [9.17, 15) is 4.79 Å². The Bertz CT molecular complexity index is 437. The summed E-state index contributed by atoms with van der Waals surface area (Å²) < 4.78 is 0. The van der Waals surface area contributed by atoms with Crippen LogP contribution in [0, 0.1) is 12.8 Å². The second kappa shape index (κ2) is 4.67. The molecule has 2 atom stereocenters. The van der Waals surface area contributed by atoms with Crippen LogP contribution in [0.2, 0.25) is 5.02 Å². The molecule has 0 aromatic heterocycles. The Morgan fingerprint density at radius 2 is 2.18 bits per heavy atom. The number of nitrogens with two attached hydrogens (primary N) is 1. The van der Waals surface area contributed by atoms with Gasteiger partial charge in [-0.1, -0.05) is 30.7 Å². The van der Waals surface area contributed by atoms with Crippen LogP contribution in [0.3, 0.4) is 0 Å². The summed E-state index contributed by atoms with van der Waals surface area (Å²) in [5.74, 6) is 0.334. The van der Waals surface area contributed by atoms with Crippen molar-refractivity contribution in [3.63, 3.8) is 0 Å². The summed E-state index contributed by atoms with van der Waals surface area (Å²) in [7, 11) is 0. The van der Waals surface area contributed by atoms with E-state index < -0.39 is 0 Å². The molecule has 1 aromatic rings. The Balaban J connectivity index is 2.24. The van der Waals surface area contributed by atoms with Crippen LogP contribution in [0.25, 0.3) is 0 Å². The van der Waals surface area contributed by atoms with Gasteiger partial charge in [-0.05, 0) is 24.5 Å². The number of carbonyl (C=O) groups excluding carboxylic acids is 1. The SMILES string of the molecule is Cc1cccc(C(=O)N2CC(C)C(N)C2)c1Cl. The van der Waals surface area contributed by atoms with Gasteiger partial charge in [0.1, 0.15) is 0 Å². The van der Waals surface area contributed by atoms with Crippen molar-refractivity contribution in [3.05, 3.63) is 34.3 Å². The lowest BCUT2D eigenvalue weighted by molar-refractivity contribution is 0.0787. The number of benzene rings is 1. The zero-order chi connectivity index (χ0) is 12.6. The molecule has 2 unspecified atom stereocenters. The van der Waals surface area contributed by atoms with Gasteiger partial charge in [-0.25, -0.2) is 0 Å². The summed E-state index contributed by atoms with van der Waals surface area (Å²) >= 11 is 6.16. The van der Waals surface area contributed by atoms with E-state index in [0.717, 1.165) is 5.56 Å². The van der Waals surface area contributed by atoms with Crippen LogP contribution in [-0.4, -0.2) is 29.9 Å². The van der Waals surface area contributed by atoms with Gasteiger partial charge in [-0.3, -0.25) is 4.79 Å². The molecule has 92 valence electrons. The molecule has 0 spiro atoms. The first-order chi connectivity index (χ1) is 8.00. The van der Waals surface area contributed by atoms with Crippen molar-refractivity contribution in [2.24, 2.45) is 11.7 Å². The van der Waals surface area contributed by atoms with Crippen LogP contribution in [-0.2, 0) is 0 Å². The van der Waals surface area contributed by atoms with E-state index in [0.29, 0.717) is 29.6 Å². The second-order valence-corrected chi connectivity index (χ2v) is 5.17. The van der Waals surface area contributed by atoms with Crippen molar-refractivity contribution >= 4 is 17.5 Å². The van der Waals surface area contributed by atoms with Crippen molar-refractivity contribution in [2.75, 3.05) is 13.1 Å². The molecule has 1 saturated heterocycles. The monoisotopic (exact) mass is 252 g/mol. The fourth-order valence-corrected chi connectivity index (χ4v) is 2.35. The van der Waals surface area contributed by atoms with Crippen LogP contribution in [0.5, 0.6) is 0 Å². The largest absolute Gasteiger partial charge is 0.337 e. The van der Waals surface area contributed by atoms with Crippen LogP contribution < -0.4 is 5.73 Å². The average molecular weight is 253 g/mol. The van der Waals surface area contributed by atoms with Gasteiger partial charge in [0.05, 0.1) is 10.6 Å². The third-order valence-corrected chi connectivity index (χ3v) is 3.88. The second-order valence-electron chi connectivity index (χ2n) is 4.79. The zero-order valence-electron chi connectivity index (χ0n) is 10.1. The van der Waals surface area contributed by atoms with Gasteiger partial charge in [0.2, 0.25) is 0 Å². The van der Waals surface area contributed by atoms with E-state index >= 15 is 0 Å². The number of nitrogens with zero attached hydrogens (tertiary/aromatic N) is 1. The van der Waals surface area contributed by atoms with Crippen LogP contribution >= 0.6 is 11.6 Å². The Morgan fingerprint density at radius 1 is 1.47 bits per heavy atom. The van der Waals surface area contributed by atoms with Crippen molar-refractivity contribution in [1.29, 1.82) is 0 Å². The van der Waals surface area contributed by atoms with Gasteiger partial charge in [0.25, 0.3) is 5.91 Å². The summed E-state index contributed by atoms with van der Waals surface area (Å²) in [5, 5.41) is 0.547. The molecular formula is C13H17ClN2O. The molecule has 0 aliphatic carbocycles. The summed E-state index contributed by atoms with van der Waals surface area (Å²) in [6, 6.07) is 5.60. The van der Waals surface area contributed by atoms with Crippen molar-refractivity contribution in [1.82, 2.24) is 4.90 Å². The van der Waals surface area contributed by atoms with Gasteiger partial charge in [0, 0.05) is 19.1 Å². The number of hydrogen-bond donors (Lipinski definition) is 1. The van der Waals surface area contributed by atoms with Crippen molar-refractivity contribution in [2.45, 2.75) is 19.9 Å². The molecule has 1 aliphatic rings. The summed E-state index contributed by atoms with van der Waals surface area (Å²) in [5.41, 5.74) is 7.43. The minimum atomic E-state index is -0.0153. The van der Waals surface area contributed by atoms with E-state index in [1.54, 1.807) is 11.0 Å². The molecule has 1 heterocycles. The minimum Gasteiger partial charge on any atom is -0.337 e. The summed E-state index contributed by atoms with van der Waals surface area (Å²) in [6.45, 7) is 5.29. The fraction of sp³-hybridized carbons (Fsp3) is 0.462. The lowest BCUT2D eigenvalue weighted by Gasteiger charge is -2.17. The van der Waals surface area contributed by atoms with Gasteiger partial charge in [0.15, 0.2) is 0 Å². The van der Waals surface area contributed by atoms with E-state index in [1.807, 2.05) is 19.1 Å². The molecule has 1 aromatic carbocycles. The van der Waals surface area contributed by atoms with Crippen LogP contribution in [0.1, 0.15) is 22.8 Å². The summed E-state index contributed by atoms with van der Waals surface area (Å²) in [6.07, 6.45) is 0. The lowest BCUT2D eigenvalue weighted by atomic mass is 10.1. The van der Waals surface area contributed by atoms with Crippen LogP contribution in [0.15, 0.2) is 18.2 Å². The maximum Gasteiger partial charge on any atom is 0.255 e. The Labute approximate surface area is 107 Å². The number of rotatable bonds is 1. The maximum atomic E-state index is 12.3. The molecule has 1 amide bonds. The van der Waals surface area contributed by atoms with Gasteiger partial charge >= 0.3 is 0 Å². The van der Waals surface area contributed by atoms with E-state index in [4.69, 9.17) is 17.3 Å². The third kappa shape index (κ3) is 2.31. The molecule has 1 aliphatic heterocycles. The maximum absolute atomic E-state index is 12.3. The fourth-order valence-electron chi connectivity index (χ4n) is 2.14. The van der Waals surface area contributed by atoms with Crippen molar-refractivity contribution < 1.29 is 4.79 Å². The molecule has 2 N–H and O–H groups in total. The first kappa shape index (κ1) is 12.4. The number of aryl methyl sites for hydroxylation is 1. The van der Waals surface area contributed by atoms with Crippen LogP contribution in [0.4, 0.5) is 0 Å². The molecule has 4 heteroatoms. The number of likely N-dealkylation sites (tertiary alicyclic amines) is 1. The van der Waals surface area contributed by atoms with Gasteiger partial charge in [-0.2, -0.15) is 0 Å². The standard InChI is InChI=1S/C13H17ClN2O/c1-8-4-3-5-10(12(8)14)13(17)16-6-9(2)11(15)7-16/h3-5,9,11H,6-7,15H2,1-2H3. The first-order valence-electron chi connectivity index (χ1n) is 5.80. The molecule has 3 nitrogen and oxygen atoms in total. The van der Waals surface area contributed by atoms with Crippen molar-refractivity contribution in [3.8, 4) is 0 Å². The number of carbonyl (C=O) groups is 1. The summed E-state index contributed by atoms with van der Waals surface area (Å²) in [4.78, 5) is 14.1. The molecule has 0 radical (unpaired) electrons. The highest BCUT2D eigenvalue weighted by atomic mass is 35.5. The normalized spacial score (nSPS) is 24.1. The average Bonchev–Trinajstić information content (AvgIpc) is 2.62. The molecule has 0 bridgehead atoms. The number of hydrogen-bond acceptors (Lipinski definition) is 2. The molecule has 0 saturated carbocycles. The topological polar surface area (TPSA) is 46.3 Å². The number of halogens is 1. The van der Waals surface area contributed by atoms with E-state index in [1.165, 1.54) is 0 Å². The molecule has 1 fully saturated rings. The molecular weight excluding hydrogens is 236 g/mol. The minimum absolute atomic E-state index is 0.0153. The third-order valence-electron chi connectivity index (χ3n) is 3.38. The highest BCUT2D eigenvalue weighted by molar-refractivity contribution is 6.34. The van der Waals surface area contributed by atoms with E-state index in [-0.39, 0.29) is 11.9 Å². The lowest BCUT2D eigenvalue weighted by Crippen LogP contribution is -2.32. The smallest absolute Gasteiger partial charge is 0.255 e. The highest BCUT2D eigenvalue weighted by Crippen LogP contribution is 2.24. The zero-order valence-corrected chi connectivity index (χ0v) is 10.9. The predicted octanol–water partition coefficient (Wildman–Crippen LogP) is 2.07. The Kier molecular flexibility index (Phi) is 3.40. The first-order valence-corrected chi connectivity index (χ1v) is 6.18. The quantitative estimate of drug-likeness (QED) is 0.832. The van der Waals surface area contributed by atoms with Gasteiger partial charge in [-0.15, -0.1) is 0 Å². The van der Waals surface area contributed by atoms with E-state index in [2.05, 4.69) is 6.92 Å².